The molecule has 0 spiro atoms. The topological polar surface area (TPSA) is 83.4 Å². The molecular formula is C13H17N3O3. The summed E-state index contributed by atoms with van der Waals surface area (Å²) in [4.78, 5) is 4.17. The number of hydrogen-bond acceptors (Lipinski definition) is 6. The Morgan fingerprint density at radius 3 is 2.84 bits per heavy atom. The zero-order chi connectivity index (χ0) is 13.7. The van der Waals surface area contributed by atoms with Gasteiger partial charge in [0.05, 0.1) is 7.11 Å². The van der Waals surface area contributed by atoms with Crippen molar-refractivity contribution in [1.82, 2.24) is 10.1 Å². The Hall–Kier alpha value is -2.08. The first kappa shape index (κ1) is 13.4. The first-order chi connectivity index (χ1) is 9.26. The fourth-order valence-corrected chi connectivity index (χ4v) is 1.62. The summed E-state index contributed by atoms with van der Waals surface area (Å²) >= 11 is 0. The Morgan fingerprint density at radius 1 is 1.37 bits per heavy atom. The molecular weight excluding hydrogens is 246 g/mol. The van der Waals surface area contributed by atoms with Gasteiger partial charge >= 0.3 is 0 Å². The van der Waals surface area contributed by atoms with Crippen LogP contribution >= 0.6 is 0 Å². The highest BCUT2D eigenvalue weighted by molar-refractivity contribution is 5.40. The number of ether oxygens (including phenoxy) is 2. The van der Waals surface area contributed by atoms with Gasteiger partial charge in [-0.2, -0.15) is 4.98 Å². The van der Waals surface area contributed by atoms with E-state index in [4.69, 9.17) is 19.7 Å². The van der Waals surface area contributed by atoms with Crippen molar-refractivity contribution in [3.8, 4) is 11.5 Å². The van der Waals surface area contributed by atoms with Crippen LogP contribution < -0.4 is 15.2 Å². The second-order valence-electron chi connectivity index (χ2n) is 3.92. The molecule has 0 amide bonds. The number of nitrogens with zero attached hydrogens (tertiary/aromatic N) is 2. The van der Waals surface area contributed by atoms with Gasteiger partial charge in [-0.05, 0) is 18.2 Å². The van der Waals surface area contributed by atoms with Crippen LogP contribution in [0.15, 0.2) is 22.7 Å². The lowest BCUT2D eigenvalue weighted by Crippen LogP contribution is -2.04. The van der Waals surface area contributed by atoms with E-state index < -0.39 is 0 Å². The van der Waals surface area contributed by atoms with E-state index >= 15 is 0 Å². The van der Waals surface area contributed by atoms with Gasteiger partial charge in [0.1, 0.15) is 11.5 Å². The summed E-state index contributed by atoms with van der Waals surface area (Å²) in [6.45, 7) is 2.58. The lowest BCUT2D eigenvalue weighted by molar-refractivity contribution is 0.282. The van der Waals surface area contributed by atoms with Crippen molar-refractivity contribution < 1.29 is 14.0 Å². The SMILES string of the molecule is CCc1nc(COc2ccc(OC)cc2CN)no1. The largest absolute Gasteiger partial charge is 0.497 e. The van der Waals surface area contributed by atoms with Crippen LogP contribution in [0.2, 0.25) is 0 Å². The number of aryl methyl sites for hydroxylation is 1. The molecule has 1 aromatic heterocycles. The molecule has 0 saturated carbocycles. The molecule has 0 aliphatic carbocycles. The van der Waals surface area contributed by atoms with Crippen molar-refractivity contribution >= 4 is 0 Å². The lowest BCUT2D eigenvalue weighted by Gasteiger charge is -2.10. The summed E-state index contributed by atoms with van der Waals surface area (Å²) in [5.74, 6) is 2.58. The predicted octanol–water partition coefficient (Wildman–Crippen LogP) is 1.68. The molecule has 1 aromatic carbocycles. The summed E-state index contributed by atoms with van der Waals surface area (Å²) in [5.41, 5.74) is 6.56. The third-order valence-electron chi connectivity index (χ3n) is 2.66. The Kier molecular flexibility index (Phi) is 4.35. The highest BCUT2D eigenvalue weighted by Gasteiger charge is 2.08. The van der Waals surface area contributed by atoms with Gasteiger partial charge in [-0.1, -0.05) is 12.1 Å². The van der Waals surface area contributed by atoms with Crippen molar-refractivity contribution in [3.05, 3.63) is 35.5 Å². The number of aromatic nitrogens is 2. The van der Waals surface area contributed by atoms with Crippen LogP contribution in [0.25, 0.3) is 0 Å². The van der Waals surface area contributed by atoms with E-state index in [1.807, 2.05) is 25.1 Å². The van der Waals surface area contributed by atoms with Crippen LogP contribution in [0.5, 0.6) is 11.5 Å². The molecule has 6 heteroatoms. The minimum Gasteiger partial charge on any atom is -0.497 e. The summed E-state index contributed by atoms with van der Waals surface area (Å²) < 4.78 is 15.8. The number of hydrogen-bond donors (Lipinski definition) is 1. The molecule has 2 rings (SSSR count). The maximum Gasteiger partial charge on any atom is 0.226 e. The number of nitrogens with two attached hydrogens (primary N) is 1. The smallest absolute Gasteiger partial charge is 0.226 e. The standard InChI is InChI=1S/C13H17N3O3/c1-3-13-15-12(16-19-13)8-18-11-5-4-10(17-2)6-9(11)7-14/h4-6H,3,7-8,14H2,1-2H3. The molecule has 0 unspecified atom stereocenters. The molecule has 2 N–H and O–H groups in total. The molecule has 0 fully saturated rings. The van der Waals surface area contributed by atoms with Crippen LogP contribution in [0.3, 0.4) is 0 Å². The quantitative estimate of drug-likeness (QED) is 0.853. The molecule has 0 saturated heterocycles. The van der Waals surface area contributed by atoms with Crippen LogP contribution in [0.4, 0.5) is 0 Å². The monoisotopic (exact) mass is 263 g/mol. The highest BCUT2D eigenvalue weighted by Crippen LogP contribution is 2.24. The van der Waals surface area contributed by atoms with E-state index in [9.17, 15) is 0 Å². The first-order valence-corrected chi connectivity index (χ1v) is 6.08. The van der Waals surface area contributed by atoms with Gasteiger partial charge in [0.2, 0.25) is 11.7 Å². The van der Waals surface area contributed by atoms with Gasteiger partial charge in [-0.3, -0.25) is 0 Å². The molecule has 6 nitrogen and oxygen atoms in total. The van der Waals surface area contributed by atoms with E-state index in [-0.39, 0.29) is 6.61 Å². The Labute approximate surface area is 111 Å². The van der Waals surface area contributed by atoms with Crippen LogP contribution in [-0.4, -0.2) is 17.3 Å². The maximum atomic E-state index is 5.68. The maximum absolute atomic E-state index is 5.68. The van der Waals surface area contributed by atoms with Crippen molar-refractivity contribution in [1.29, 1.82) is 0 Å². The van der Waals surface area contributed by atoms with Gasteiger partial charge in [0.25, 0.3) is 0 Å². The zero-order valence-electron chi connectivity index (χ0n) is 11.0. The molecule has 0 aliphatic heterocycles. The predicted molar refractivity (Wildman–Crippen MR) is 68.9 cm³/mol. The second-order valence-corrected chi connectivity index (χ2v) is 3.92. The normalized spacial score (nSPS) is 10.5. The van der Waals surface area contributed by atoms with Crippen LogP contribution in [0.1, 0.15) is 24.2 Å². The van der Waals surface area contributed by atoms with Crippen molar-refractivity contribution in [2.45, 2.75) is 26.5 Å². The van der Waals surface area contributed by atoms with Crippen molar-refractivity contribution in [3.63, 3.8) is 0 Å². The molecule has 2 aromatic rings. The van der Waals surface area contributed by atoms with E-state index in [0.717, 1.165) is 11.3 Å². The minimum atomic E-state index is 0.253. The number of methoxy groups -OCH3 is 1. The van der Waals surface area contributed by atoms with Crippen molar-refractivity contribution in [2.75, 3.05) is 7.11 Å². The van der Waals surface area contributed by atoms with Gasteiger partial charge in [0, 0.05) is 18.5 Å². The molecule has 0 atom stereocenters. The van der Waals surface area contributed by atoms with Gasteiger partial charge in [-0.25, -0.2) is 0 Å². The fourth-order valence-electron chi connectivity index (χ4n) is 1.62. The van der Waals surface area contributed by atoms with E-state index in [1.165, 1.54) is 0 Å². The van der Waals surface area contributed by atoms with E-state index in [2.05, 4.69) is 10.1 Å². The van der Waals surface area contributed by atoms with Crippen molar-refractivity contribution in [2.24, 2.45) is 5.73 Å². The third kappa shape index (κ3) is 3.23. The second kappa shape index (κ2) is 6.19. The van der Waals surface area contributed by atoms with E-state index in [1.54, 1.807) is 7.11 Å². The Balaban J connectivity index is 2.06. The molecule has 19 heavy (non-hydrogen) atoms. The molecule has 0 bridgehead atoms. The summed E-state index contributed by atoms with van der Waals surface area (Å²) in [6, 6.07) is 5.49. The van der Waals surface area contributed by atoms with Crippen LogP contribution in [-0.2, 0) is 19.6 Å². The Morgan fingerprint density at radius 2 is 2.21 bits per heavy atom. The average Bonchev–Trinajstić information content (AvgIpc) is 2.92. The highest BCUT2D eigenvalue weighted by atomic mass is 16.5. The minimum absolute atomic E-state index is 0.253. The number of rotatable bonds is 6. The summed E-state index contributed by atoms with van der Waals surface area (Å²) in [5, 5.41) is 3.82. The fraction of sp³-hybridized carbons (Fsp3) is 0.385. The summed E-state index contributed by atoms with van der Waals surface area (Å²) in [6.07, 6.45) is 0.712. The molecule has 102 valence electrons. The van der Waals surface area contributed by atoms with Gasteiger partial charge in [-0.15, -0.1) is 0 Å². The van der Waals surface area contributed by atoms with Gasteiger partial charge in [0.15, 0.2) is 6.61 Å². The summed E-state index contributed by atoms with van der Waals surface area (Å²) in [7, 11) is 1.61. The van der Waals surface area contributed by atoms with Gasteiger partial charge < -0.3 is 19.7 Å². The Bertz CT molecular complexity index is 540. The molecule has 0 aliphatic rings. The first-order valence-electron chi connectivity index (χ1n) is 6.08. The molecule has 0 radical (unpaired) electrons. The van der Waals surface area contributed by atoms with E-state index in [0.29, 0.717) is 30.4 Å². The lowest BCUT2D eigenvalue weighted by atomic mass is 10.2. The number of benzene rings is 1. The average molecular weight is 263 g/mol. The zero-order valence-corrected chi connectivity index (χ0v) is 11.0. The molecule has 1 heterocycles. The van der Waals surface area contributed by atoms with Crippen LogP contribution in [0, 0.1) is 0 Å². The third-order valence-corrected chi connectivity index (χ3v) is 2.66.